The summed E-state index contributed by atoms with van der Waals surface area (Å²) in [6.07, 6.45) is 6.82. The maximum atomic E-state index is 12.7. The Morgan fingerprint density at radius 3 is 2.48 bits per heavy atom. The first-order chi connectivity index (χ1) is 14.1. The van der Waals surface area contributed by atoms with Crippen LogP contribution in [0.4, 0.5) is 0 Å². The molecule has 1 aromatic rings. The number of nitrogens with zero attached hydrogens (tertiary/aromatic N) is 2. The first-order valence-electron chi connectivity index (χ1n) is 11.1. The fraction of sp³-hybridized carbons (Fsp3) is 0.652. The summed E-state index contributed by atoms with van der Waals surface area (Å²) in [5, 5.41) is 16.2. The summed E-state index contributed by atoms with van der Waals surface area (Å²) in [6.45, 7) is 7.17. The van der Waals surface area contributed by atoms with Crippen LogP contribution >= 0.6 is 0 Å². The molecule has 3 N–H and O–H groups in total. The van der Waals surface area contributed by atoms with Crippen LogP contribution in [0, 0.1) is 5.41 Å². The van der Waals surface area contributed by atoms with E-state index in [0.717, 1.165) is 37.9 Å². The SMILES string of the molecule is CCNC(=NCC(=O)N(CC)Cc1ccccc1)NCC1(CCO)CCCCC1. The van der Waals surface area contributed by atoms with Crippen LogP contribution in [-0.4, -0.2) is 54.7 Å². The largest absolute Gasteiger partial charge is 0.396 e. The van der Waals surface area contributed by atoms with Crippen LogP contribution in [0.5, 0.6) is 0 Å². The predicted octanol–water partition coefficient (Wildman–Crippen LogP) is 2.92. The first-order valence-corrected chi connectivity index (χ1v) is 11.1. The van der Waals surface area contributed by atoms with Gasteiger partial charge < -0.3 is 20.6 Å². The topological polar surface area (TPSA) is 77.0 Å². The molecule has 6 heteroatoms. The molecule has 0 unspecified atom stereocenters. The van der Waals surface area contributed by atoms with E-state index in [0.29, 0.717) is 19.0 Å². The zero-order chi connectivity index (χ0) is 21.0. The molecule has 1 saturated carbocycles. The summed E-state index contributed by atoms with van der Waals surface area (Å²) < 4.78 is 0. The number of nitrogens with one attached hydrogen (secondary N) is 2. The lowest BCUT2D eigenvalue weighted by molar-refractivity contribution is -0.130. The number of likely N-dealkylation sites (N-methyl/N-ethyl adjacent to an activating group) is 1. The molecule has 1 fully saturated rings. The highest BCUT2D eigenvalue weighted by molar-refractivity contribution is 5.85. The minimum absolute atomic E-state index is 0.0243. The Kier molecular flexibility index (Phi) is 9.98. The summed E-state index contributed by atoms with van der Waals surface area (Å²) in [5.74, 6) is 0.704. The second-order valence-electron chi connectivity index (χ2n) is 7.98. The molecular formula is C23H38N4O2. The number of hydrogen-bond acceptors (Lipinski definition) is 3. The van der Waals surface area contributed by atoms with Crippen LogP contribution in [-0.2, 0) is 11.3 Å². The molecule has 0 aliphatic heterocycles. The molecule has 29 heavy (non-hydrogen) atoms. The number of carbonyl (C=O) groups excluding carboxylic acids is 1. The van der Waals surface area contributed by atoms with E-state index in [4.69, 9.17) is 0 Å². The third kappa shape index (κ3) is 7.69. The smallest absolute Gasteiger partial charge is 0.244 e. The van der Waals surface area contributed by atoms with Gasteiger partial charge in [-0.05, 0) is 44.1 Å². The normalized spacial score (nSPS) is 16.3. The Morgan fingerprint density at radius 2 is 1.86 bits per heavy atom. The summed E-state index contributed by atoms with van der Waals surface area (Å²) >= 11 is 0. The van der Waals surface area contributed by atoms with Crippen molar-refractivity contribution in [3.05, 3.63) is 35.9 Å². The van der Waals surface area contributed by atoms with Crippen LogP contribution in [0.3, 0.4) is 0 Å². The number of aliphatic hydroxyl groups excluding tert-OH is 1. The second kappa shape index (κ2) is 12.5. The summed E-state index contributed by atoms with van der Waals surface area (Å²) in [6, 6.07) is 10.0. The number of carbonyl (C=O) groups is 1. The summed E-state index contributed by atoms with van der Waals surface area (Å²) in [5.41, 5.74) is 1.26. The minimum atomic E-state index is 0.0243. The summed E-state index contributed by atoms with van der Waals surface area (Å²) in [4.78, 5) is 19.1. The van der Waals surface area contributed by atoms with Crippen molar-refractivity contribution >= 4 is 11.9 Å². The maximum Gasteiger partial charge on any atom is 0.244 e. The van der Waals surface area contributed by atoms with E-state index < -0.39 is 0 Å². The Hall–Kier alpha value is -2.08. The molecule has 162 valence electrons. The van der Waals surface area contributed by atoms with Crippen LogP contribution in [0.2, 0.25) is 0 Å². The number of guanidine groups is 1. The molecule has 0 spiro atoms. The van der Waals surface area contributed by atoms with Gasteiger partial charge in [0.05, 0.1) is 0 Å². The van der Waals surface area contributed by atoms with Gasteiger partial charge in [0, 0.05) is 32.8 Å². The van der Waals surface area contributed by atoms with E-state index >= 15 is 0 Å². The lowest BCUT2D eigenvalue weighted by Crippen LogP contribution is -2.45. The Bertz CT molecular complexity index is 622. The van der Waals surface area contributed by atoms with Gasteiger partial charge >= 0.3 is 0 Å². The number of rotatable bonds is 10. The molecule has 1 amide bonds. The Labute approximate surface area is 175 Å². The molecule has 6 nitrogen and oxygen atoms in total. The number of amides is 1. The van der Waals surface area contributed by atoms with Crippen molar-refractivity contribution < 1.29 is 9.90 Å². The molecule has 0 radical (unpaired) electrons. The Balaban J connectivity index is 1.94. The van der Waals surface area contributed by atoms with Crippen molar-refractivity contribution in [2.75, 3.05) is 32.8 Å². The third-order valence-electron chi connectivity index (χ3n) is 5.85. The average Bonchev–Trinajstić information content (AvgIpc) is 2.75. The Morgan fingerprint density at radius 1 is 1.14 bits per heavy atom. The van der Waals surface area contributed by atoms with Crippen molar-refractivity contribution in [1.82, 2.24) is 15.5 Å². The average molecular weight is 403 g/mol. The fourth-order valence-electron chi connectivity index (χ4n) is 4.09. The maximum absolute atomic E-state index is 12.7. The molecular weight excluding hydrogens is 364 g/mol. The molecule has 0 atom stereocenters. The van der Waals surface area contributed by atoms with Crippen molar-refractivity contribution in [2.24, 2.45) is 10.4 Å². The molecule has 2 rings (SSSR count). The van der Waals surface area contributed by atoms with E-state index in [9.17, 15) is 9.90 Å². The zero-order valence-corrected chi connectivity index (χ0v) is 18.1. The second-order valence-corrected chi connectivity index (χ2v) is 7.98. The highest BCUT2D eigenvalue weighted by Gasteiger charge is 2.31. The number of benzene rings is 1. The van der Waals surface area contributed by atoms with Crippen LogP contribution in [0.15, 0.2) is 35.3 Å². The van der Waals surface area contributed by atoms with E-state index in [-0.39, 0.29) is 24.5 Å². The van der Waals surface area contributed by atoms with E-state index in [1.54, 1.807) is 0 Å². The lowest BCUT2D eigenvalue weighted by atomic mass is 9.72. The van der Waals surface area contributed by atoms with Gasteiger partial charge in [-0.3, -0.25) is 4.79 Å². The molecule has 0 aromatic heterocycles. The number of aliphatic imine (C=N–C) groups is 1. The minimum Gasteiger partial charge on any atom is -0.396 e. The first kappa shape index (κ1) is 23.2. The zero-order valence-electron chi connectivity index (χ0n) is 18.1. The van der Waals surface area contributed by atoms with E-state index in [1.807, 2.05) is 49.1 Å². The number of hydrogen-bond donors (Lipinski definition) is 3. The number of aliphatic hydroxyl groups is 1. The highest BCUT2D eigenvalue weighted by atomic mass is 16.3. The van der Waals surface area contributed by atoms with E-state index in [2.05, 4.69) is 15.6 Å². The fourth-order valence-corrected chi connectivity index (χ4v) is 4.09. The van der Waals surface area contributed by atoms with Gasteiger partial charge in [-0.1, -0.05) is 49.6 Å². The van der Waals surface area contributed by atoms with Crippen LogP contribution in [0.25, 0.3) is 0 Å². The molecule has 0 bridgehead atoms. The lowest BCUT2D eigenvalue weighted by Gasteiger charge is -2.37. The van der Waals surface area contributed by atoms with Gasteiger partial charge in [-0.2, -0.15) is 0 Å². The van der Waals surface area contributed by atoms with Crippen molar-refractivity contribution in [3.8, 4) is 0 Å². The van der Waals surface area contributed by atoms with Crippen LogP contribution < -0.4 is 10.6 Å². The van der Waals surface area contributed by atoms with Gasteiger partial charge in [0.1, 0.15) is 6.54 Å². The molecule has 0 heterocycles. The van der Waals surface area contributed by atoms with E-state index in [1.165, 1.54) is 19.3 Å². The van der Waals surface area contributed by atoms with Gasteiger partial charge in [0.15, 0.2) is 5.96 Å². The van der Waals surface area contributed by atoms with Gasteiger partial charge in [-0.15, -0.1) is 0 Å². The summed E-state index contributed by atoms with van der Waals surface area (Å²) in [7, 11) is 0. The van der Waals surface area contributed by atoms with Crippen molar-refractivity contribution in [2.45, 2.75) is 58.9 Å². The quantitative estimate of drug-likeness (QED) is 0.415. The van der Waals surface area contributed by atoms with Gasteiger partial charge in [-0.25, -0.2) is 4.99 Å². The highest BCUT2D eigenvalue weighted by Crippen LogP contribution is 2.38. The van der Waals surface area contributed by atoms with Crippen LogP contribution in [0.1, 0.15) is 57.9 Å². The standard InChI is InChI=1S/C23H38N4O2/c1-3-24-22(26-19-23(15-16-28)13-9-6-10-14-23)25-17-21(29)27(4-2)18-20-11-7-5-8-12-20/h5,7-8,11-12,28H,3-4,6,9-10,13-19H2,1-2H3,(H2,24,25,26). The molecule has 1 aliphatic rings. The monoisotopic (exact) mass is 402 g/mol. The van der Waals surface area contributed by atoms with Crippen molar-refractivity contribution in [3.63, 3.8) is 0 Å². The molecule has 1 aromatic carbocycles. The van der Waals surface area contributed by atoms with Gasteiger partial charge in [0.25, 0.3) is 0 Å². The van der Waals surface area contributed by atoms with Crippen molar-refractivity contribution in [1.29, 1.82) is 0 Å². The predicted molar refractivity (Wildman–Crippen MR) is 119 cm³/mol. The molecule has 1 aliphatic carbocycles. The molecule has 0 saturated heterocycles. The van der Waals surface area contributed by atoms with Gasteiger partial charge in [0.2, 0.25) is 5.91 Å². The third-order valence-corrected chi connectivity index (χ3v) is 5.85.